The van der Waals surface area contributed by atoms with Crippen molar-refractivity contribution in [3.8, 4) is 0 Å². The van der Waals surface area contributed by atoms with E-state index < -0.39 is 9.84 Å². The number of halogens is 1. The van der Waals surface area contributed by atoms with E-state index in [0.29, 0.717) is 16.5 Å². The van der Waals surface area contributed by atoms with E-state index in [1.165, 1.54) is 29.2 Å². The fourth-order valence-corrected chi connectivity index (χ4v) is 5.59. The second-order valence-corrected chi connectivity index (χ2v) is 10.2. The summed E-state index contributed by atoms with van der Waals surface area (Å²) in [5, 5.41) is 5.40. The summed E-state index contributed by atoms with van der Waals surface area (Å²) in [5.41, 5.74) is 3.43. The molecule has 0 saturated carbocycles. The molecule has 6 nitrogen and oxygen atoms in total. The minimum Gasteiger partial charge on any atom is -0.365 e. The van der Waals surface area contributed by atoms with Gasteiger partial charge in [-0.2, -0.15) is 0 Å². The van der Waals surface area contributed by atoms with Crippen molar-refractivity contribution < 1.29 is 8.42 Å². The highest BCUT2D eigenvalue weighted by molar-refractivity contribution is 7.90. The normalized spacial score (nSPS) is 17.5. The largest absolute Gasteiger partial charge is 0.365 e. The smallest absolute Gasteiger partial charge is 0.185 e. The van der Waals surface area contributed by atoms with Gasteiger partial charge in [-0.3, -0.25) is 4.90 Å². The zero-order chi connectivity index (χ0) is 20.3. The predicted octanol–water partition coefficient (Wildman–Crippen LogP) is 3.85. The molecule has 1 aliphatic heterocycles. The van der Waals surface area contributed by atoms with Crippen LogP contribution in [-0.2, 0) is 22.1 Å². The van der Waals surface area contributed by atoms with Gasteiger partial charge in [0.2, 0.25) is 0 Å². The second kappa shape index (κ2) is 8.79. The number of nitrogens with one attached hydrogen (secondary N) is 1. The van der Waals surface area contributed by atoms with Crippen molar-refractivity contribution in [1.29, 1.82) is 0 Å². The van der Waals surface area contributed by atoms with Gasteiger partial charge in [0.25, 0.3) is 0 Å². The second-order valence-electron chi connectivity index (χ2n) is 7.09. The summed E-state index contributed by atoms with van der Waals surface area (Å²) < 4.78 is 25.1. The van der Waals surface area contributed by atoms with Crippen LogP contribution in [0.4, 0.5) is 5.82 Å². The van der Waals surface area contributed by atoms with Gasteiger partial charge >= 0.3 is 0 Å². The first kappa shape index (κ1) is 20.3. The Hall–Kier alpha value is -2.00. The molecule has 3 heterocycles. The molecular weight excluding hydrogens is 428 g/mol. The number of anilines is 1. The Labute approximate surface area is 179 Å². The van der Waals surface area contributed by atoms with E-state index >= 15 is 0 Å². The monoisotopic (exact) mass is 448 g/mol. The van der Waals surface area contributed by atoms with Gasteiger partial charge in [0, 0.05) is 37.3 Å². The van der Waals surface area contributed by atoms with Crippen molar-refractivity contribution in [3.05, 3.63) is 69.8 Å². The van der Waals surface area contributed by atoms with Gasteiger partial charge in [0.1, 0.15) is 5.82 Å². The van der Waals surface area contributed by atoms with E-state index in [4.69, 9.17) is 11.6 Å². The number of nitrogens with zero attached hydrogens (tertiary/aromatic N) is 3. The van der Waals surface area contributed by atoms with Crippen LogP contribution in [0.5, 0.6) is 0 Å². The van der Waals surface area contributed by atoms with Gasteiger partial charge in [-0.1, -0.05) is 41.9 Å². The number of aromatic nitrogens is 2. The summed E-state index contributed by atoms with van der Waals surface area (Å²) >= 11 is 7.71. The Bertz CT molecular complexity index is 1060. The number of rotatable bonds is 7. The number of sulfone groups is 1. The third kappa shape index (κ3) is 5.14. The molecule has 1 atom stereocenters. The standard InChI is InChI=1S/C20H21ClN4O2S2/c21-19-8-18(29(26,27)13-17-12-28-14-23-17)9-22-20(19)24-16-6-7-25(11-16)10-15-4-2-1-3-5-15/h1-5,8-9,12,14,16H,6-7,10-11,13H2,(H,22,24)/t16-/m1/s1. The number of likely N-dealkylation sites (tertiary alicyclic amines) is 1. The molecule has 0 bridgehead atoms. The lowest BCUT2D eigenvalue weighted by atomic mass is 10.2. The zero-order valence-corrected chi connectivity index (χ0v) is 18.1. The molecule has 1 fully saturated rings. The van der Waals surface area contributed by atoms with E-state index in [1.54, 1.807) is 10.9 Å². The van der Waals surface area contributed by atoms with Crippen LogP contribution in [0, 0.1) is 0 Å². The molecule has 1 aromatic carbocycles. The average Bonchev–Trinajstić information content (AvgIpc) is 3.36. The zero-order valence-electron chi connectivity index (χ0n) is 15.7. The van der Waals surface area contributed by atoms with Crippen molar-refractivity contribution in [2.24, 2.45) is 0 Å². The Morgan fingerprint density at radius 2 is 2.07 bits per heavy atom. The number of pyridine rings is 1. The Balaban J connectivity index is 1.39. The first-order chi connectivity index (χ1) is 14.0. The van der Waals surface area contributed by atoms with Crippen molar-refractivity contribution in [2.75, 3.05) is 18.4 Å². The molecule has 3 aromatic rings. The molecule has 4 rings (SSSR count). The Morgan fingerprint density at radius 1 is 1.24 bits per heavy atom. The number of hydrogen-bond acceptors (Lipinski definition) is 7. The number of thiazole rings is 1. The minimum absolute atomic E-state index is 0.109. The molecule has 0 aliphatic carbocycles. The van der Waals surface area contributed by atoms with Crippen molar-refractivity contribution in [2.45, 2.75) is 29.7 Å². The van der Waals surface area contributed by atoms with Crippen LogP contribution < -0.4 is 5.32 Å². The fraction of sp³-hybridized carbons (Fsp3) is 0.300. The average molecular weight is 449 g/mol. The topological polar surface area (TPSA) is 75.2 Å². The summed E-state index contributed by atoms with van der Waals surface area (Å²) in [6.45, 7) is 2.79. The molecule has 0 spiro atoms. The van der Waals surface area contributed by atoms with Gasteiger partial charge in [0.15, 0.2) is 9.84 Å². The van der Waals surface area contributed by atoms with Crippen molar-refractivity contribution in [1.82, 2.24) is 14.9 Å². The van der Waals surface area contributed by atoms with E-state index in [0.717, 1.165) is 26.1 Å². The van der Waals surface area contributed by atoms with Gasteiger partial charge < -0.3 is 5.32 Å². The molecule has 0 radical (unpaired) electrons. The quantitative estimate of drug-likeness (QED) is 0.591. The summed E-state index contributed by atoms with van der Waals surface area (Å²) in [4.78, 5) is 10.8. The van der Waals surface area contributed by atoms with Crippen molar-refractivity contribution in [3.63, 3.8) is 0 Å². The molecule has 29 heavy (non-hydrogen) atoms. The van der Waals surface area contributed by atoms with E-state index in [-0.39, 0.29) is 16.7 Å². The molecule has 2 aromatic heterocycles. The molecule has 0 amide bonds. The van der Waals surface area contributed by atoms with Crippen LogP contribution >= 0.6 is 22.9 Å². The Morgan fingerprint density at radius 3 is 2.79 bits per heavy atom. The van der Waals surface area contributed by atoms with Crippen LogP contribution in [0.2, 0.25) is 5.02 Å². The number of hydrogen-bond donors (Lipinski definition) is 1. The first-order valence-electron chi connectivity index (χ1n) is 9.28. The van der Waals surface area contributed by atoms with Crippen LogP contribution in [0.3, 0.4) is 0 Å². The number of benzene rings is 1. The van der Waals surface area contributed by atoms with Gasteiger partial charge in [-0.25, -0.2) is 18.4 Å². The molecule has 1 aliphatic rings. The van der Waals surface area contributed by atoms with Crippen LogP contribution in [0.1, 0.15) is 17.7 Å². The molecule has 0 unspecified atom stereocenters. The molecule has 1 N–H and O–H groups in total. The lowest BCUT2D eigenvalue weighted by molar-refractivity contribution is 0.328. The molecule has 1 saturated heterocycles. The van der Waals surface area contributed by atoms with E-state index in [2.05, 4.69) is 44.5 Å². The maximum atomic E-state index is 12.6. The highest BCUT2D eigenvalue weighted by atomic mass is 35.5. The summed E-state index contributed by atoms with van der Waals surface area (Å²) in [6, 6.07) is 12.1. The van der Waals surface area contributed by atoms with Crippen molar-refractivity contribution >= 4 is 38.6 Å². The van der Waals surface area contributed by atoms with Gasteiger partial charge in [-0.05, 0) is 18.1 Å². The van der Waals surface area contributed by atoms with Crippen LogP contribution in [0.15, 0.2) is 58.4 Å². The third-order valence-electron chi connectivity index (χ3n) is 4.86. The van der Waals surface area contributed by atoms with Crippen LogP contribution in [-0.4, -0.2) is 42.4 Å². The fourth-order valence-electron chi connectivity index (χ4n) is 3.41. The molecule has 9 heteroatoms. The third-order valence-corrected chi connectivity index (χ3v) is 7.40. The highest BCUT2D eigenvalue weighted by Gasteiger charge is 2.24. The van der Waals surface area contributed by atoms with Gasteiger partial charge in [-0.15, -0.1) is 11.3 Å². The minimum atomic E-state index is -3.53. The molecular formula is C20H21ClN4O2S2. The van der Waals surface area contributed by atoms with E-state index in [1.807, 2.05) is 6.07 Å². The highest BCUT2D eigenvalue weighted by Crippen LogP contribution is 2.26. The van der Waals surface area contributed by atoms with Gasteiger partial charge in [0.05, 0.1) is 26.9 Å². The lowest BCUT2D eigenvalue weighted by Gasteiger charge is -2.17. The Kier molecular flexibility index (Phi) is 6.15. The SMILES string of the molecule is O=S(=O)(Cc1cscn1)c1cnc(N[C@@H]2CCN(Cc3ccccc3)C2)c(Cl)c1. The maximum Gasteiger partial charge on any atom is 0.185 e. The van der Waals surface area contributed by atoms with Crippen LogP contribution in [0.25, 0.3) is 0 Å². The maximum absolute atomic E-state index is 12.6. The molecule has 152 valence electrons. The van der Waals surface area contributed by atoms with E-state index in [9.17, 15) is 8.42 Å². The predicted molar refractivity (Wildman–Crippen MR) is 116 cm³/mol. The lowest BCUT2D eigenvalue weighted by Crippen LogP contribution is -2.26. The summed E-state index contributed by atoms with van der Waals surface area (Å²) in [6.07, 6.45) is 2.35. The summed E-state index contributed by atoms with van der Waals surface area (Å²) in [5.74, 6) is 0.365. The first-order valence-corrected chi connectivity index (χ1v) is 12.2. The summed E-state index contributed by atoms with van der Waals surface area (Å²) in [7, 11) is -3.53.